The van der Waals surface area contributed by atoms with E-state index in [1.54, 1.807) is 31.5 Å². The molecule has 1 aromatic heterocycles. The average molecular weight is 413 g/mol. The number of halogens is 1. The van der Waals surface area contributed by atoms with Gasteiger partial charge in [0.25, 0.3) is 5.69 Å². The summed E-state index contributed by atoms with van der Waals surface area (Å²) in [6, 6.07) is 12.5. The van der Waals surface area contributed by atoms with Crippen molar-refractivity contribution < 1.29 is 9.66 Å². The van der Waals surface area contributed by atoms with Crippen molar-refractivity contribution in [1.82, 2.24) is 9.88 Å². The summed E-state index contributed by atoms with van der Waals surface area (Å²) in [5.74, 6) is 0.836. The van der Waals surface area contributed by atoms with Gasteiger partial charge in [-0.15, -0.1) is 0 Å². The standard InChI is InChI=1S/C21H21ClN4O3/c1-29-20-7-4-16(22)13-15(20)14-24-9-11-25(12-10-24)19-6-5-18(26(27)28)17-3-2-8-23-21(17)19/h2-8,13H,9-12,14H2,1H3. The number of anilines is 1. The van der Waals surface area contributed by atoms with E-state index in [0.717, 1.165) is 49.7 Å². The Hall–Kier alpha value is -2.90. The van der Waals surface area contributed by atoms with Crippen LogP contribution in [0.4, 0.5) is 11.4 Å². The van der Waals surface area contributed by atoms with E-state index < -0.39 is 0 Å². The van der Waals surface area contributed by atoms with Gasteiger partial charge in [0.05, 0.1) is 23.1 Å². The number of piperazine rings is 1. The van der Waals surface area contributed by atoms with Gasteiger partial charge in [0.2, 0.25) is 0 Å². The predicted molar refractivity (Wildman–Crippen MR) is 114 cm³/mol. The van der Waals surface area contributed by atoms with Crippen LogP contribution in [0.25, 0.3) is 10.9 Å². The lowest BCUT2D eigenvalue weighted by atomic mass is 10.1. The van der Waals surface area contributed by atoms with E-state index in [-0.39, 0.29) is 10.6 Å². The molecule has 1 aliphatic rings. The van der Waals surface area contributed by atoms with E-state index in [1.165, 1.54) is 0 Å². The van der Waals surface area contributed by atoms with Crippen LogP contribution in [-0.4, -0.2) is 48.1 Å². The molecule has 2 aromatic carbocycles. The number of pyridine rings is 1. The van der Waals surface area contributed by atoms with Gasteiger partial charge in [0.15, 0.2) is 0 Å². The minimum Gasteiger partial charge on any atom is -0.496 e. The van der Waals surface area contributed by atoms with Crippen molar-refractivity contribution in [1.29, 1.82) is 0 Å². The Morgan fingerprint density at radius 1 is 1.17 bits per heavy atom. The first-order chi connectivity index (χ1) is 14.1. The molecule has 0 bridgehead atoms. The SMILES string of the molecule is COc1ccc(Cl)cc1CN1CCN(c2ccc([N+](=O)[O-])c3cccnc23)CC1. The molecular formula is C21H21ClN4O3. The number of nitrogens with zero attached hydrogens (tertiary/aromatic N) is 4. The molecule has 0 N–H and O–H groups in total. The van der Waals surface area contributed by atoms with Gasteiger partial charge in [-0.2, -0.15) is 0 Å². The van der Waals surface area contributed by atoms with Gasteiger partial charge in [-0.05, 0) is 36.4 Å². The second kappa shape index (κ2) is 8.23. The molecule has 0 unspecified atom stereocenters. The predicted octanol–water partition coefficient (Wildman–Crippen LogP) is 4.13. The summed E-state index contributed by atoms with van der Waals surface area (Å²) in [6.45, 7) is 4.11. The highest BCUT2D eigenvalue weighted by Gasteiger charge is 2.23. The van der Waals surface area contributed by atoms with Gasteiger partial charge in [-0.3, -0.25) is 20.0 Å². The van der Waals surface area contributed by atoms with Gasteiger partial charge < -0.3 is 9.64 Å². The van der Waals surface area contributed by atoms with E-state index in [4.69, 9.17) is 16.3 Å². The summed E-state index contributed by atoms with van der Waals surface area (Å²) in [6.07, 6.45) is 1.68. The first-order valence-electron chi connectivity index (χ1n) is 9.38. The number of benzene rings is 2. The van der Waals surface area contributed by atoms with E-state index in [1.807, 2.05) is 24.3 Å². The lowest BCUT2D eigenvalue weighted by molar-refractivity contribution is -0.383. The lowest BCUT2D eigenvalue weighted by Crippen LogP contribution is -2.46. The first-order valence-corrected chi connectivity index (χ1v) is 9.76. The number of fused-ring (bicyclic) bond motifs is 1. The smallest absolute Gasteiger partial charge is 0.278 e. The highest BCUT2D eigenvalue weighted by molar-refractivity contribution is 6.30. The van der Waals surface area contributed by atoms with Crippen LogP contribution in [0, 0.1) is 10.1 Å². The number of aromatic nitrogens is 1. The zero-order valence-corrected chi connectivity index (χ0v) is 16.8. The largest absolute Gasteiger partial charge is 0.496 e. The van der Waals surface area contributed by atoms with E-state index >= 15 is 0 Å². The zero-order chi connectivity index (χ0) is 20.4. The molecule has 1 fully saturated rings. The first kappa shape index (κ1) is 19.4. The fourth-order valence-electron chi connectivity index (χ4n) is 3.82. The zero-order valence-electron chi connectivity index (χ0n) is 16.0. The third-order valence-corrected chi connectivity index (χ3v) is 5.51. The molecule has 8 heteroatoms. The Kier molecular flexibility index (Phi) is 5.51. The Balaban J connectivity index is 1.51. The van der Waals surface area contributed by atoms with E-state index in [0.29, 0.717) is 15.9 Å². The summed E-state index contributed by atoms with van der Waals surface area (Å²) in [5, 5.41) is 12.6. The molecule has 2 heterocycles. The van der Waals surface area contributed by atoms with E-state index in [2.05, 4.69) is 14.8 Å². The maximum atomic E-state index is 11.3. The number of ether oxygens (including phenoxy) is 1. The molecule has 1 aliphatic heterocycles. The van der Waals surface area contributed by atoms with Gasteiger partial charge in [-0.1, -0.05) is 11.6 Å². The second-order valence-electron chi connectivity index (χ2n) is 6.98. The van der Waals surface area contributed by atoms with Gasteiger partial charge in [-0.25, -0.2) is 0 Å². The van der Waals surface area contributed by atoms with Crippen molar-refractivity contribution in [2.45, 2.75) is 6.54 Å². The third kappa shape index (κ3) is 3.97. The van der Waals surface area contributed by atoms with Crippen LogP contribution < -0.4 is 9.64 Å². The average Bonchev–Trinajstić information content (AvgIpc) is 2.73. The molecule has 7 nitrogen and oxygen atoms in total. The van der Waals surface area contributed by atoms with Crippen molar-refractivity contribution in [2.75, 3.05) is 38.2 Å². The van der Waals surface area contributed by atoms with E-state index in [9.17, 15) is 10.1 Å². The maximum absolute atomic E-state index is 11.3. The van der Waals surface area contributed by atoms with Crippen LogP contribution in [0.1, 0.15) is 5.56 Å². The fraction of sp³-hybridized carbons (Fsp3) is 0.286. The monoisotopic (exact) mass is 412 g/mol. The topological polar surface area (TPSA) is 71.7 Å². The quantitative estimate of drug-likeness (QED) is 0.463. The van der Waals surface area contributed by atoms with Gasteiger partial charge in [0.1, 0.15) is 11.3 Å². The molecule has 0 spiro atoms. The van der Waals surface area contributed by atoms with Crippen molar-refractivity contribution in [2.24, 2.45) is 0 Å². The normalized spacial score (nSPS) is 14.9. The summed E-state index contributed by atoms with van der Waals surface area (Å²) in [4.78, 5) is 20.0. The van der Waals surface area contributed by atoms with Gasteiger partial charge in [0, 0.05) is 55.6 Å². The molecule has 4 rings (SSSR count). The molecule has 0 amide bonds. The number of hydrogen-bond donors (Lipinski definition) is 0. The lowest BCUT2D eigenvalue weighted by Gasteiger charge is -2.36. The summed E-state index contributed by atoms with van der Waals surface area (Å²) >= 11 is 6.15. The summed E-state index contributed by atoms with van der Waals surface area (Å²) in [5.41, 5.74) is 2.76. The van der Waals surface area contributed by atoms with Crippen LogP contribution >= 0.6 is 11.6 Å². The Labute approximate surface area is 173 Å². The molecule has 29 heavy (non-hydrogen) atoms. The summed E-state index contributed by atoms with van der Waals surface area (Å²) < 4.78 is 5.45. The number of nitro benzene ring substituents is 1. The molecule has 150 valence electrons. The number of non-ortho nitro benzene ring substituents is 1. The van der Waals surface area contributed by atoms with Crippen LogP contribution in [-0.2, 0) is 6.54 Å². The van der Waals surface area contributed by atoms with Crippen LogP contribution in [0.15, 0.2) is 48.7 Å². The third-order valence-electron chi connectivity index (χ3n) is 5.27. The molecular weight excluding hydrogens is 392 g/mol. The van der Waals surface area contributed by atoms with Crippen molar-refractivity contribution in [3.63, 3.8) is 0 Å². The molecule has 0 saturated carbocycles. The maximum Gasteiger partial charge on any atom is 0.278 e. The minimum atomic E-state index is -0.357. The second-order valence-corrected chi connectivity index (χ2v) is 7.42. The molecule has 3 aromatic rings. The summed E-state index contributed by atoms with van der Waals surface area (Å²) in [7, 11) is 1.66. The number of nitro groups is 1. The van der Waals surface area contributed by atoms with Crippen molar-refractivity contribution in [3.05, 3.63) is 69.4 Å². The van der Waals surface area contributed by atoms with Crippen LogP contribution in [0.5, 0.6) is 5.75 Å². The fourth-order valence-corrected chi connectivity index (χ4v) is 4.01. The Bertz CT molecular complexity index is 1050. The molecule has 0 radical (unpaired) electrons. The number of rotatable bonds is 5. The number of hydrogen-bond acceptors (Lipinski definition) is 6. The van der Waals surface area contributed by atoms with Crippen LogP contribution in [0.2, 0.25) is 5.02 Å². The Morgan fingerprint density at radius 2 is 1.97 bits per heavy atom. The van der Waals surface area contributed by atoms with Gasteiger partial charge >= 0.3 is 0 Å². The molecule has 1 saturated heterocycles. The highest BCUT2D eigenvalue weighted by atomic mass is 35.5. The molecule has 0 aliphatic carbocycles. The number of methoxy groups -OCH3 is 1. The Morgan fingerprint density at radius 3 is 2.69 bits per heavy atom. The molecule has 0 atom stereocenters. The van der Waals surface area contributed by atoms with Crippen molar-refractivity contribution in [3.8, 4) is 5.75 Å². The highest BCUT2D eigenvalue weighted by Crippen LogP contribution is 2.33. The minimum absolute atomic E-state index is 0.0866. The van der Waals surface area contributed by atoms with Crippen molar-refractivity contribution >= 4 is 33.9 Å². The van der Waals surface area contributed by atoms with Crippen LogP contribution in [0.3, 0.4) is 0 Å².